The third kappa shape index (κ3) is 3.42. The molecule has 0 fully saturated rings. The molecule has 4 aromatic rings. The van der Waals surface area contributed by atoms with Crippen molar-refractivity contribution in [1.82, 2.24) is 19.5 Å². The highest BCUT2D eigenvalue weighted by molar-refractivity contribution is 5.74. The largest absolute Gasteiger partial charge is 0.496 e. The first kappa shape index (κ1) is 18.9. The van der Waals surface area contributed by atoms with Crippen LogP contribution < -0.4 is 10.4 Å². The maximum Gasteiger partial charge on any atom is 0.329 e. The Morgan fingerprint density at radius 1 is 1.03 bits per heavy atom. The van der Waals surface area contributed by atoms with Gasteiger partial charge in [-0.2, -0.15) is 0 Å². The predicted molar refractivity (Wildman–Crippen MR) is 114 cm³/mol. The zero-order valence-electron chi connectivity index (χ0n) is 17.0. The van der Waals surface area contributed by atoms with Crippen LogP contribution in [0.1, 0.15) is 43.9 Å². The standard InChI is InChI=1S/C23H24N4O2/c1-14(2)17-10-11-20(29-4)18(12-17)19-13-24-21-22(25-19)27(23(28)26-21)15(3)16-8-6-5-7-9-16/h5-15H,1-4H3,(H,24,26,28)/t15-/m1/s1. The van der Waals surface area contributed by atoms with E-state index in [4.69, 9.17) is 9.72 Å². The van der Waals surface area contributed by atoms with Crippen LogP contribution in [0, 0.1) is 0 Å². The lowest BCUT2D eigenvalue weighted by Crippen LogP contribution is -2.21. The summed E-state index contributed by atoms with van der Waals surface area (Å²) in [6.07, 6.45) is 1.68. The maximum atomic E-state index is 12.7. The summed E-state index contributed by atoms with van der Waals surface area (Å²) < 4.78 is 7.21. The molecule has 6 heteroatoms. The second-order valence-electron chi connectivity index (χ2n) is 7.43. The number of imidazole rings is 1. The Morgan fingerprint density at radius 2 is 1.79 bits per heavy atom. The highest BCUT2D eigenvalue weighted by Gasteiger charge is 2.19. The first-order valence-electron chi connectivity index (χ1n) is 9.70. The number of hydrogen-bond donors (Lipinski definition) is 1. The average molecular weight is 388 g/mol. The number of nitrogens with one attached hydrogen (secondary N) is 1. The van der Waals surface area contributed by atoms with Crippen molar-refractivity contribution in [2.75, 3.05) is 7.11 Å². The quantitative estimate of drug-likeness (QED) is 0.545. The van der Waals surface area contributed by atoms with E-state index in [9.17, 15) is 4.79 Å². The number of methoxy groups -OCH3 is 1. The van der Waals surface area contributed by atoms with Crippen LogP contribution in [0.25, 0.3) is 22.6 Å². The summed E-state index contributed by atoms with van der Waals surface area (Å²) in [7, 11) is 1.64. The Kier molecular flexibility index (Phi) is 4.92. The Hall–Kier alpha value is -3.41. The van der Waals surface area contributed by atoms with Gasteiger partial charge in [-0.25, -0.2) is 14.8 Å². The SMILES string of the molecule is COc1ccc(C(C)C)cc1-c1cnc2[nH]c(=O)n([C@H](C)c3ccccc3)c2n1. The molecule has 148 valence electrons. The Balaban J connectivity index is 1.89. The fourth-order valence-corrected chi connectivity index (χ4v) is 3.55. The Morgan fingerprint density at radius 3 is 2.48 bits per heavy atom. The van der Waals surface area contributed by atoms with Gasteiger partial charge in [0.2, 0.25) is 0 Å². The molecule has 1 N–H and O–H groups in total. The number of H-pyrrole nitrogens is 1. The van der Waals surface area contributed by atoms with Crippen molar-refractivity contribution < 1.29 is 4.74 Å². The molecule has 0 amide bonds. The summed E-state index contributed by atoms with van der Waals surface area (Å²) in [6.45, 7) is 6.27. The minimum Gasteiger partial charge on any atom is -0.496 e. The van der Waals surface area contributed by atoms with Gasteiger partial charge < -0.3 is 4.74 Å². The molecule has 0 unspecified atom stereocenters. The summed E-state index contributed by atoms with van der Waals surface area (Å²) in [5, 5.41) is 0. The van der Waals surface area contributed by atoms with Crippen LogP contribution in [-0.4, -0.2) is 26.6 Å². The minimum atomic E-state index is -0.226. The molecule has 0 radical (unpaired) electrons. The van der Waals surface area contributed by atoms with Gasteiger partial charge in [0.05, 0.1) is 25.0 Å². The van der Waals surface area contributed by atoms with E-state index in [1.807, 2.05) is 43.3 Å². The molecule has 0 aliphatic carbocycles. The van der Waals surface area contributed by atoms with Crippen LogP contribution >= 0.6 is 0 Å². The fourth-order valence-electron chi connectivity index (χ4n) is 3.55. The third-order valence-corrected chi connectivity index (χ3v) is 5.26. The fraction of sp³-hybridized carbons (Fsp3) is 0.261. The van der Waals surface area contributed by atoms with Crippen molar-refractivity contribution in [3.05, 3.63) is 76.3 Å². The number of benzene rings is 2. The van der Waals surface area contributed by atoms with Crippen LogP contribution in [0.2, 0.25) is 0 Å². The number of ether oxygens (including phenoxy) is 1. The second-order valence-corrected chi connectivity index (χ2v) is 7.43. The van der Waals surface area contributed by atoms with Gasteiger partial charge in [0.15, 0.2) is 11.3 Å². The van der Waals surface area contributed by atoms with E-state index in [1.54, 1.807) is 17.9 Å². The van der Waals surface area contributed by atoms with Crippen molar-refractivity contribution in [3.63, 3.8) is 0 Å². The van der Waals surface area contributed by atoms with E-state index in [0.717, 1.165) is 16.9 Å². The van der Waals surface area contributed by atoms with Gasteiger partial charge in [0.25, 0.3) is 0 Å². The van der Waals surface area contributed by atoms with E-state index in [1.165, 1.54) is 5.56 Å². The van der Waals surface area contributed by atoms with Gasteiger partial charge in [0, 0.05) is 5.56 Å². The molecule has 2 aromatic heterocycles. The summed E-state index contributed by atoms with van der Waals surface area (Å²) in [6, 6.07) is 15.8. The number of aromatic nitrogens is 4. The first-order valence-corrected chi connectivity index (χ1v) is 9.70. The molecule has 2 aromatic carbocycles. The second kappa shape index (κ2) is 7.54. The molecule has 2 heterocycles. The monoisotopic (exact) mass is 388 g/mol. The number of hydrogen-bond acceptors (Lipinski definition) is 4. The molecule has 0 spiro atoms. The van der Waals surface area contributed by atoms with Crippen LogP contribution in [0.5, 0.6) is 5.75 Å². The summed E-state index contributed by atoms with van der Waals surface area (Å²) in [5.74, 6) is 1.10. The summed E-state index contributed by atoms with van der Waals surface area (Å²) in [5.41, 5.74) is 4.53. The van der Waals surface area contributed by atoms with E-state index in [-0.39, 0.29) is 11.7 Å². The normalized spacial score (nSPS) is 12.4. The van der Waals surface area contributed by atoms with E-state index in [0.29, 0.717) is 22.9 Å². The molecule has 0 aliphatic rings. The van der Waals surface area contributed by atoms with Gasteiger partial charge >= 0.3 is 5.69 Å². The molecule has 1 atom stereocenters. The lowest BCUT2D eigenvalue weighted by atomic mass is 9.99. The van der Waals surface area contributed by atoms with E-state index >= 15 is 0 Å². The average Bonchev–Trinajstić information content (AvgIpc) is 3.08. The van der Waals surface area contributed by atoms with Crippen molar-refractivity contribution >= 4 is 11.3 Å². The third-order valence-electron chi connectivity index (χ3n) is 5.26. The molecule has 0 bridgehead atoms. The zero-order chi connectivity index (χ0) is 20.5. The van der Waals surface area contributed by atoms with Crippen LogP contribution in [0.15, 0.2) is 59.5 Å². The number of fused-ring (bicyclic) bond motifs is 1. The predicted octanol–water partition coefficient (Wildman–Crippen LogP) is 4.53. The summed E-state index contributed by atoms with van der Waals surface area (Å²) in [4.78, 5) is 24.8. The summed E-state index contributed by atoms with van der Waals surface area (Å²) >= 11 is 0. The molecule has 0 saturated heterocycles. The van der Waals surface area contributed by atoms with Gasteiger partial charge in [-0.1, -0.05) is 50.2 Å². The van der Waals surface area contributed by atoms with Crippen molar-refractivity contribution in [2.24, 2.45) is 0 Å². The van der Waals surface area contributed by atoms with Crippen molar-refractivity contribution in [3.8, 4) is 17.0 Å². The molecular formula is C23H24N4O2. The number of aromatic amines is 1. The lowest BCUT2D eigenvalue weighted by molar-refractivity contribution is 0.416. The molecule has 4 rings (SSSR count). The van der Waals surface area contributed by atoms with E-state index in [2.05, 4.69) is 35.9 Å². The zero-order valence-corrected chi connectivity index (χ0v) is 17.0. The molecular weight excluding hydrogens is 364 g/mol. The molecule has 0 aliphatic heterocycles. The molecule has 0 saturated carbocycles. The van der Waals surface area contributed by atoms with Crippen molar-refractivity contribution in [1.29, 1.82) is 0 Å². The van der Waals surface area contributed by atoms with Gasteiger partial charge in [-0.05, 0) is 36.1 Å². The number of rotatable bonds is 5. The maximum absolute atomic E-state index is 12.7. The van der Waals surface area contributed by atoms with Gasteiger partial charge in [-0.15, -0.1) is 0 Å². The Bertz CT molecular complexity index is 1210. The topological polar surface area (TPSA) is 72.8 Å². The smallest absolute Gasteiger partial charge is 0.329 e. The van der Waals surface area contributed by atoms with E-state index < -0.39 is 0 Å². The Labute approximate surface area is 169 Å². The molecule has 29 heavy (non-hydrogen) atoms. The van der Waals surface area contributed by atoms with Gasteiger partial charge in [0.1, 0.15) is 5.75 Å². The van der Waals surface area contributed by atoms with Crippen molar-refractivity contribution in [2.45, 2.75) is 32.7 Å². The molecule has 6 nitrogen and oxygen atoms in total. The van der Waals surface area contributed by atoms with Crippen LogP contribution in [0.4, 0.5) is 0 Å². The highest BCUT2D eigenvalue weighted by Crippen LogP contribution is 2.32. The highest BCUT2D eigenvalue weighted by atomic mass is 16.5. The first-order chi connectivity index (χ1) is 14.0. The van der Waals surface area contributed by atoms with Gasteiger partial charge in [-0.3, -0.25) is 9.55 Å². The minimum absolute atomic E-state index is 0.175. The number of nitrogens with zero attached hydrogens (tertiary/aromatic N) is 3. The van der Waals surface area contributed by atoms with Crippen LogP contribution in [-0.2, 0) is 0 Å². The lowest BCUT2D eigenvalue weighted by Gasteiger charge is -2.15. The van der Waals surface area contributed by atoms with Crippen LogP contribution in [0.3, 0.4) is 0 Å².